The Morgan fingerprint density at radius 1 is 1.06 bits per heavy atom. The average Bonchev–Trinajstić information content (AvgIpc) is 3.16. The Morgan fingerprint density at radius 2 is 1.70 bits per heavy atom. The van der Waals surface area contributed by atoms with E-state index in [1.807, 2.05) is 31.2 Å². The van der Waals surface area contributed by atoms with E-state index in [0.29, 0.717) is 30.2 Å². The fourth-order valence-electron chi connectivity index (χ4n) is 3.70. The van der Waals surface area contributed by atoms with Crippen LogP contribution >= 0.6 is 0 Å². The van der Waals surface area contributed by atoms with Crippen LogP contribution in [0.3, 0.4) is 0 Å². The minimum absolute atomic E-state index is 0.0313. The van der Waals surface area contributed by atoms with Crippen molar-refractivity contribution < 1.29 is 27.5 Å². The van der Waals surface area contributed by atoms with Crippen molar-refractivity contribution >= 4 is 33.1 Å². The monoisotopic (exact) mass is 471 g/mol. The van der Waals surface area contributed by atoms with E-state index >= 15 is 0 Å². The molecule has 0 bridgehead atoms. The first kappa shape index (κ1) is 22.8. The topological polar surface area (TPSA) is 114 Å². The zero-order chi connectivity index (χ0) is 23.4. The van der Waals surface area contributed by atoms with Crippen LogP contribution in [0.4, 0.5) is 5.69 Å². The first-order valence-electron chi connectivity index (χ1n) is 10.7. The molecule has 0 spiro atoms. The minimum atomic E-state index is -3.17. The Kier molecular flexibility index (Phi) is 6.64. The van der Waals surface area contributed by atoms with E-state index in [9.17, 15) is 18.0 Å². The van der Waals surface area contributed by atoms with Crippen molar-refractivity contribution in [2.75, 3.05) is 23.4 Å². The Morgan fingerprint density at radius 3 is 2.30 bits per heavy atom. The van der Waals surface area contributed by atoms with E-state index in [4.69, 9.17) is 9.47 Å². The van der Waals surface area contributed by atoms with Gasteiger partial charge in [0.2, 0.25) is 5.91 Å². The highest BCUT2D eigenvalue weighted by atomic mass is 32.2. The second-order valence-electron chi connectivity index (χ2n) is 7.83. The Labute approximate surface area is 192 Å². The second kappa shape index (κ2) is 9.62. The van der Waals surface area contributed by atoms with Crippen molar-refractivity contribution in [2.45, 2.75) is 32.2 Å². The molecule has 1 fully saturated rings. The number of nitrogens with one attached hydrogen (secondary N) is 1. The molecular weight excluding hydrogens is 446 g/mol. The lowest BCUT2D eigenvalue weighted by Crippen LogP contribution is -2.42. The van der Waals surface area contributed by atoms with Gasteiger partial charge in [0, 0.05) is 18.5 Å². The van der Waals surface area contributed by atoms with Crippen molar-refractivity contribution in [2.24, 2.45) is 5.10 Å². The molecule has 0 radical (unpaired) electrons. The molecule has 0 saturated carbocycles. The highest BCUT2D eigenvalue weighted by Gasteiger charge is 2.37. The predicted molar refractivity (Wildman–Crippen MR) is 123 cm³/mol. The second-order valence-corrected chi connectivity index (χ2v) is 10.1. The largest absolute Gasteiger partial charge is 0.494 e. The van der Waals surface area contributed by atoms with Gasteiger partial charge in [0.25, 0.3) is 5.91 Å². The maximum atomic E-state index is 12.7. The van der Waals surface area contributed by atoms with Crippen LogP contribution in [-0.4, -0.2) is 55.1 Å². The third kappa shape index (κ3) is 5.70. The van der Waals surface area contributed by atoms with Gasteiger partial charge in [0.1, 0.15) is 23.0 Å². The van der Waals surface area contributed by atoms with Crippen LogP contribution in [0.15, 0.2) is 53.6 Å². The summed E-state index contributed by atoms with van der Waals surface area (Å²) in [6, 6.07) is 13.6. The first-order valence-corrected chi connectivity index (χ1v) is 12.6. The van der Waals surface area contributed by atoms with Crippen molar-refractivity contribution in [3.05, 3.63) is 48.5 Å². The SMILES string of the molecule is CCOc1ccc(Oc2ccc(NC(=O)C3=NN([C@H]4CCS(=O)(=O)C4)C(=O)CC3)cc2)cc1. The van der Waals surface area contributed by atoms with Gasteiger partial charge in [0.15, 0.2) is 9.84 Å². The number of hydrogen-bond donors (Lipinski definition) is 1. The molecule has 2 aliphatic heterocycles. The van der Waals surface area contributed by atoms with E-state index in [0.717, 1.165) is 5.75 Å². The van der Waals surface area contributed by atoms with Crippen molar-refractivity contribution in [1.82, 2.24) is 5.01 Å². The lowest BCUT2D eigenvalue weighted by Gasteiger charge is -2.27. The third-order valence-corrected chi connectivity index (χ3v) is 7.11. The lowest BCUT2D eigenvalue weighted by atomic mass is 10.1. The van der Waals surface area contributed by atoms with Gasteiger partial charge in [-0.25, -0.2) is 13.4 Å². The van der Waals surface area contributed by atoms with E-state index in [2.05, 4.69) is 10.4 Å². The van der Waals surface area contributed by atoms with Crippen LogP contribution in [0.1, 0.15) is 26.2 Å². The van der Waals surface area contributed by atoms with Gasteiger partial charge >= 0.3 is 0 Å². The number of benzene rings is 2. The maximum Gasteiger partial charge on any atom is 0.271 e. The zero-order valence-electron chi connectivity index (χ0n) is 18.2. The van der Waals surface area contributed by atoms with Gasteiger partial charge in [-0.2, -0.15) is 5.10 Å². The summed E-state index contributed by atoms with van der Waals surface area (Å²) in [5, 5.41) is 8.13. The first-order chi connectivity index (χ1) is 15.8. The molecule has 174 valence electrons. The maximum absolute atomic E-state index is 12.7. The third-order valence-electron chi connectivity index (χ3n) is 5.36. The standard InChI is InChI=1S/C23H25N3O6S/c1-2-31-18-7-9-20(10-8-18)32-19-5-3-16(4-6-19)24-23(28)21-11-12-22(27)26(25-21)17-13-14-33(29,30)15-17/h3-10,17H,2,11-15H2,1H3,(H,24,28)/t17-/m0/s1. The number of carbonyl (C=O) groups is 2. The summed E-state index contributed by atoms with van der Waals surface area (Å²) in [6.07, 6.45) is 0.666. The summed E-state index contributed by atoms with van der Waals surface area (Å²) in [6.45, 7) is 2.51. The molecule has 0 aliphatic carbocycles. The smallest absolute Gasteiger partial charge is 0.271 e. The van der Waals surface area contributed by atoms with Gasteiger partial charge in [0.05, 0.1) is 24.2 Å². The number of anilines is 1. The Bertz CT molecular complexity index is 1160. The van der Waals surface area contributed by atoms with E-state index in [1.165, 1.54) is 5.01 Å². The van der Waals surface area contributed by atoms with E-state index in [-0.39, 0.29) is 36.0 Å². The summed E-state index contributed by atoms with van der Waals surface area (Å²) in [5.74, 6) is 1.26. The molecule has 2 aromatic rings. The molecular formula is C23H25N3O6S. The summed E-state index contributed by atoms with van der Waals surface area (Å²) >= 11 is 0. The minimum Gasteiger partial charge on any atom is -0.494 e. The molecule has 1 N–H and O–H groups in total. The van der Waals surface area contributed by atoms with Gasteiger partial charge in [-0.05, 0) is 61.9 Å². The van der Waals surface area contributed by atoms with Crippen LogP contribution in [0.25, 0.3) is 0 Å². The van der Waals surface area contributed by atoms with Crippen molar-refractivity contribution in [3.63, 3.8) is 0 Å². The summed E-state index contributed by atoms with van der Waals surface area (Å²) in [5.41, 5.74) is 0.752. The molecule has 9 nitrogen and oxygen atoms in total. The van der Waals surface area contributed by atoms with Crippen molar-refractivity contribution in [3.8, 4) is 17.2 Å². The van der Waals surface area contributed by atoms with Crippen LogP contribution in [0, 0.1) is 0 Å². The molecule has 1 atom stereocenters. The number of nitrogens with zero attached hydrogens (tertiary/aromatic N) is 2. The molecule has 2 heterocycles. The molecule has 2 amide bonds. The molecule has 0 aromatic heterocycles. The van der Waals surface area contributed by atoms with Gasteiger partial charge in [-0.1, -0.05) is 0 Å². The molecule has 1 saturated heterocycles. The van der Waals surface area contributed by atoms with Crippen molar-refractivity contribution in [1.29, 1.82) is 0 Å². The summed E-state index contributed by atoms with van der Waals surface area (Å²) in [7, 11) is -3.17. The molecule has 2 aliphatic rings. The summed E-state index contributed by atoms with van der Waals surface area (Å²) < 4.78 is 34.7. The molecule has 0 unspecified atom stereocenters. The number of sulfone groups is 1. The molecule has 10 heteroatoms. The van der Waals surface area contributed by atoms with Crippen LogP contribution in [0.2, 0.25) is 0 Å². The molecule has 33 heavy (non-hydrogen) atoms. The predicted octanol–water partition coefficient (Wildman–Crippen LogP) is 2.98. The lowest BCUT2D eigenvalue weighted by molar-refractivity contribution is -0.133. The fraction of sp³-hybridized carbons (Fsp3) is 0.348. The number of hydrazone groups is 1. The number of carbonyl (C=O) groups excluding carboxylic acids is 2. The number of ether oxygens (including phenoxy) is 2. The van der Waals surface area contributed by atoms with Gasteiger partial charge in [-0.15, -0.1) is 0 Å². The van der Waals surface area contributed by atoms with Gasteiger partial charge < -0.3 is 14.8 Å². The normalized spacial score (nSPS) is 19.7. The highest BCUT2D eigenvalue weighted by molar-refractivity contribution is 7.91. The number of rotatable bonds is 7. The van der Waals surface area contributed by atoms with E-state index < -0.39 is 21.8 Å². The summed E-state index contributed by atoms with van der Waals surface area (Å²) in [4.78, 5) is 24.9. The average molecular weight is 472 g/mol. The van der Waals surface area contributed by atoms with Crippen LogP contribution < -0.4 is 14.8 Å². The van der Waals surface area contributed by atoms with Crippen LogP contribution in [-0.2, 0) is 19.4 Å². The molecule has 4 rings (SSSR count). The van der Waals surface area contributed by atoms with E-state index in [1.54, 1.807) is 24.3 Å². The van der Waals surface area contributed by atoms with Gasteiger partial charge in [-0.3, -0.25) is 9.59 Å². The zero-order valence-corrected chi connectivity index (χ0v) is 19.0. The number of hydrogen-bond acceptors (Lipinski definition) is 7. The highest BCUT2D eigenvalue weighted by Crippen LogP contribution is 2.26. The molecule has 2 aromatic carbocycles. The van der Waals surface area contributed by atoms with Crippen LogP contribution in [0.5, 0.6) is 17.2 Å². The Balaban J connectivity index is 1.38. The number of amides is 2. The fourth-order valence-corrected chi connectivity index (χ4v) is 5.40. The quantitative estimate of drug-likeness (QED) is 0.664. The Hall–Kier alpha value is -3.40.